The van der Waals surface area contributed by atoms with Crippen molar-refractivity contribution < 1.29 is 14.3 Å². The molecule has 3 heteroatoms. The van der Waals surface area contributed by atoms with Gasteiger partial charge >= 0.3 is 0 Å². The number of ketones is 1. The molecule has 1 aromatic rings. The largest absolute Gasteiger partial charge is 0.464 e. The maximum Gasteiger partial charge on any atom is 0.207 e. The molecule has 0 N–H and O–H groups in total. The van der Waals surface area contributed by atoms with Crippen LogP contribution in [0.15, 0.2) is 24.3 Å². The molecule has 0 spiro atoms. The monoisotopic (exact) mass is 206 g/mol. The van der Waals surface area contributed by atoms with Crippen molar-refractivity contribution in [1.82, 2.24) is 0 Å². The Morgan fingerprint density at radius 1 is 1.40 bits per heavy atom. The molecule has 0 bridgehead atoms. The number of ether oxygens (including phenoxy) is 2. The van der Waals surface area contributed by atoms with E-state index in [0.717, 1.165) is 0 Å². The van der Waals surface area contributed by atoms with Crippen LogP contribution in [0.5, 0.6) is 5.75 Å². The molecule has 80 valence electrons. The number of fused-ring (bicyclic) bond motifs is 1. The van der Waals surface area contributed by atoms with Crippen molar-refractivity contribution in [2.75, 3.05) is 0 Å². The van der Waals surface area contributed by atoms with Gasteiger partial charge in [0.25, 0.3) is 0 Å². The molecule has 2 rings (SSSR count). The van der Waals surface area contributed by atoms with Gasteiger partial charge in [0.2, 0.25) is 6.29 Å². The van der Waals surface area contributed by atoms with E-state index in [4.69, 9.17) is 9.47 Å². The van der Waals surface area contributed by atoms with Crippen LogP contribution < -0.4 is 4.74 Å². The van der Waals surface area contributed by atoms with Crippen molar-refractivity contribution in [3.8, 4) is 5.75 Å². The van der Waals surface area contributed by atoms with Gasteiger partial charge in [0.15, 0.2) is 5.78 Å². The zero-order chi connectivity index (χ0) is 10.8. The number of carbonyl (C=O) groups is 1. The summed E-state index contributed by atoms with van der Waals surface area (Å²) in [5.41, 5.74) is 0.654. The van der Waals surface area contributed by atoms with Gasteiger partial charge in [-0.05, 0) is 26.0 Å². The number of para-hydroxylation sites is 1. The number of rotatable bonds is 2. The van der Waals surface area contributed by atoms with Crippen LogP contribution in [0.25, 0.3) is 0 Å². The fourth-order valence-electron chi connectivity index (χ4n) is 1.62. The van der Waals surface area contributed by atoms with E-state index < -0.39 is 6.29 Å². The molecule has 0 aromatic heterocycles. The number of benzene rings is 1. The maximum atomic E-state index is 11.7. The molecule has 0 radical (unpaired) electrons. The van der Waals surface area contributed by atoms with Crippen LogP contribution in [0.3, 0.4) is 0 Å². The third-order valence-electron chi connectivity index (χ3n) is 2.22. The van der Waals surface area contributed by atoms with E-state index in [-0.39, 0.29) is 11.9 Å². The Hall–Kier alpha value is -1.35. The zero-order valence-electron chi connectivity index (χ0n) is 8.90. The Bertz CT molecular complexity index is 371. The van der Waals surface area contributed by atoms with Crippen LogP contribution in [0, 0.1) is 0 Å². The molecule has 0 saturated heterocycles. The predicted octanol–water partition coefficient (Wildman–Crippen LogP) is 2.40. The van der Waals surface area contributed by atoms with Gasteiger partial charge in [-0.3, -0.25) is 4.79 Å². The minimum absolute atomic E-state index is 0.0630. The number of hydrogen-bond donors (Lipinski definition) is 0. The van der Waals surface area contributed by atoms with E-state index in [1.54, 1.807) is 12.1 Å². The Morgan fingerprint density at radius 3 is 2.87 bits per heavy atom. The normalized spacial score (nSPS) is 19.9. The molecule has 15 heavy (non-hydrogen) atoms. The summed E-state index contributed by atoms with van der Waals surface area (Å²) in [6.07, 6.45) is -0.0738. The van der Waals surface area contributed by atoms with Gasteiger partial charge in [0.05, 0.1) is 18.1 Å². The van der Waals surface area contributed by atoms with Crippen molar-refractivity contribution in [3.05, 3.63) is 29.8 Å². The first kappa shape index (κ1) is 10.2. The smallest absolute Gasteiger partial charge is 0.207 e. The fraction of sp³-hybridized carbons (Fsp3) is 0.417. The fourth-order valence-corrected chi connectivity index (χ4v) is 1.62. The van der Waals surface area contributed by atoms with Crippen LogP contribution in [0.4, 0.5) is 0 Å². The summed E-state index contributed by atoms with van der Waals surface area (Å²) >= 11 is 0. The Morgan fingerprint density at radius 2 is 2.13 bits per heavy atom. The van der Waals surface area contributed by atoms with E-state index in [1.165, 1.54) is 0 Å². The standard InChI is InChI=1S/C12H14O3/c1-8(2)14-12-7-10(13)9-5-3-4-6-11(9)15-12/h3-6,8,12H,7H2,1-2H3. The molecule has 1 aliphatic rings. The van der Waals surface area contributed by atoms with Crippen molar-refractivity contribution in [2.45, 2.75) is 32.7 Å². The molecule has 0 fully saturated rings. The summed E-state index contributed by atoms with van der Waals surface area (Å²) in [6.45, 7) is 3.85. The van der Waals surface area contributed by atoms with E-state index in [9.17, 15) is 4.79 Å². The number of carbonyl (C=O) groups excluding carboxylic acids is 1. The quantitative estimate of drug-likeness (QED) is 0.745. The lowest BCUT2D eigenvalue weighted by atomic mass is 10.0. The lowest BCUT2D eigenvalue weighted by Crippen LogP contribution is -2.31. The molecular weight excluding hydrogens is 192 g/mol. The Labute approximate surface area is 89.0 Å². The molecule has 0 aliphatic carbocycles. The van der Waals surface area contributed by atoms with E-state index in [2.05, 4.69) is 0 Å². The van der Waals surface area contributed by atoms with Crippen LogP contribution in [0.1, 0.15) is 30.6 Å². The minimum atomic E-state index is -0.438. The first-order chi connectivity index (χ1) is 7.16. The number of hydrogen-bond acceptors (Lipinski definition) is 3. The zero-order valence-corrected chi connectivity index (χ0v) is 8.90. The van der Waals surface area contributed by atoms with E-state index in [1.807, 2.05) is 26.0 Å². The first-order valence-electron chi connectivity index (χ1n) is 5.11. The Kier molecular flexibility index (Phi) is 2.73. The summed E-state index contributed by atoms with van der Waals surface area (Å²) in [4.78, 5) is 11.7. The summed E-state index contributed by atoms with van der Waals surface area (Å²) in [5.74, 6) is 0.710. The molecule has 1 unspecified atom stereocenters. The average Bonchev–Trinajstić information content (AvgIpc) is 2.16. The summed E-state index contributed by atoms with van der Waals surface area (Å²) in [6, 6.07) is 7.26. The molecule has 0 amide bonds. The van der Waals surface area contributed by atoms with Gasteiger partial charge in [-0.2, -0.15) is 0 Å². The van der Waals surface area contributed by atoms with E-state index in [0.29, 0.717) is 17.7 Å². The van der Waals surface area contributed by atoms with Gasteiger partial charge in [0, 0.05) is 0 Å². The van der Waals surface area contributed by atoms with Gasteiger partial charge in [-0.25, -0.2) is 0 Å². The average molecular weight is 206 g/mol. The van der Waals surface area contributed by atoms with Crippen molar-refractivity contribution in [3.63, 3.8) is 0 Å². The summed E-state index contributed by atoms with van der Waals surface area (Å²) in [7, 11) is 0. The topological polar surface area (TPSA) is 35.5 Å². The van der Waals surface area contributed by atoms with Gasteiger partial charge in [0.1, 0.15) is 5.75 Å². The highest BCUT2D eigenvalue weighted by Crippen LogP contribution is 2.27. The first-order valence-corrected chi connectivity index (χ1v) is 5.11. The molecular formula is C12H14O3. The lowest BCUT2D eigenvalue weighted by Gasteiger charge is -2.26. The van der Waals surface area contributed by atoms with Crippen LogP contribution in [-0.4, -0.2) is 18.2 Å². The SMILES string of the molecule is CC(C)OC1CC(=O)c2ccccc2O1. The van der Waals surface area contributed by atoms with Gasteiger partial charge in [-0.15, -0.1) is 0 Å². The second-order valence-electron chi connectivity index (χ2n) is 3.86. The second kappa shape index (κ2) is 4.03. The molecule has 1 heterocycles. The van der Waals surface area contributed by atoms with Crippen molar-refractivity contribution in [2.24, 2.45) is 0 Å². The van der Waals surface area contributed by atoms with Gasteiger partial charge in [-0.1, -0.05) is 12.1 Å². The summed E-state index contributed by atoms with van der Waals surface area (Å²) < 4.78 is 11.0. The lowest BCUT2D eigenvalue weighted by molar-refractivity contribution is -0.109. The van der Waals surface area contributed by atoms with Crippen LogP contribution >= 0.6 is 0 Å². The predicted molar refractivity (Wildman–Crippen MR) is 56.0 cm³/mol. The second-order valence-corrected chi connectivity index (χ2v) is 3.86. The molecule has 1 aromatic carbocycles. The van der Waals surface area contributed by atoms with Crippen molar-refractivity contribution in [1.29, 1.82) is 0 Å². The maximum absolute atomic E-state index is 11.7. The molecule has 1 aliphatic heterocycles. The highest BCUT2D eigenvalue weighted by Gasteiger charge is 2.26. The van der Waals surface area contributed by atoms with Crippen LogP contribution in [0.2, 0.25) is 0 Å². The molecule has 0 saturated carbocycles. The van der Waals surface area contributed by atoms with Crippen LogP contribution in [-0.2, 0) is 4.74 Å². The highest BCUT2D eigenvalue weighted by atomic mass is 16.7. The molecule has 3 nitrogen and oxygen atoms in total. The van der Waals surface area contributed by atoms with Gasteiger partial charge < -0.3 is 9.47 Å². The van der Waals surface area contributed by atoms with E-state index >= 15 is 0 Å². The Balaban J connectivity index is 2.19. The summed E-state index contributed by atoms with van der Waals surface area (Å²) in [5, 5.41) is 0. The molecule has 1 atom stereocenters. The third kappa shape index (κ3) is 2.18. The minimum Gasteiger partial charge on any atom is -0.464 e. The third-order valence-corrected chi connectivity index (χ3v) is 2.22. The highest BCUT2D eigenvalue weighted by molar-refractivity contribution is 5.99. The van der Waals surface area contributed by atoms with Crippen molar-refractivity contribution >= 4 is 5.78 Å². The number of Topliss-reactive ketones (excluding diaryl/α,β-unsaturated/α-hetero) is 1.